The van der Waals surface area contributed by atoms with Crippen molar-refractivity contribution in [2.75, 3.05) is 13.1 Å². The summed E-state index contributed by atoms with van der Waals surface area (Å²) in [5.41, 5.74) is 0. The molecule has 1 aliphatic rings. The van der Waals surface area contributed by atoms with Crippen LogP contribution in [0.4, 0.5) is 0 Å². The van der Waals surface area contributed by atoms with E-state index in [0.29, 0.717) is 0 Å². The summed E-state index contributed by atoms with van der Waals surface area (Å²) < 4.78 is 0. The Bertz CT molecular complexity index is 119. The van der Waals surface area contributed by atoms with Crippen LogP contribution in [0.1, 0.15) is 12.8 Å². The highest BCUT2D eigenvalue weighted by atomic mass is 16.1. The van der Waals surface area contributed by atoms with Gasteiger partial charge in [0.2, 0.25) is 5.91 Å². The van der Waals surface area contributed by atoms with E-state index in [1.54, 1.807) is 0 Å². The van der Waals surface area contributed by atoms with Gasteiger partial charge in [0, 0.05) is 13.0 Å². The smallest absolute Gasteiger partial charge is 0.223 e. The predicted octanol–water partition coefficient (Wildman–Crippen LogP) is -0.106. The largest absolute Gasteiger partial charge is 0.354 e. The van der Waals surface area contributed by atoms with Gasteiger partial charge in [-0.15, -0.1) is 0 Å². The minimum absolute atomic E-state index is 0.0847. The molecule has 0 saturated carbocycles. The molecule has 57 valence electrons. The first-order chi connectivity index (χ1) is 4.84. The summed E-state index contributed by atoms with van der Waals surface area (Å²) in [6, 6.07) is 0. The van der Waals surface area contributed by atoms with E-state index < -0.39 is 0 Å². The molecular weight excluding hydrogens is 128 g/mol. The standard InChI is InChI=1S/C7H13N2O/c1-8-7(10)6-2-4-9-5-3-6/h6,9H,1-5H2,(H,8,10). The van der Waals surface area contributed by atoms with E-state index >= 15 is 0 Å². The molecule has 2 N–H and O–H groups in total. The summed E-state index contributed by atoms with van der Waals surface area (Å²) in [7, 11) is 3.34. The van der Waals surface area contributed by atoms with Gasteiger partial charge in [0.15, 0.2) is 0 Å². The van der Waals surface area contributed by atoms with Crippen LogP contribution in [0.5, 0.6) is 0 Å². The number of nitrogens with one attached hydrogen (secondary N) is 2. The maximum Gasteiger partial charge on any atom is 0.223 e. The maximum absolute atomic E-state index is 11.0. The van der Waals surface area contributed by atoms with Gasteiger partial charge < -0.3 is 10.6 Å². The normalized spacial score (nSPS) is 20.5. The second-order valence-corrected chi connectivity index (χ2v) is 2.57. The Balaban J connectivity index is 2.31. The molecule has 0 unspecified atom stereocenters. The van der Waals surface area contributed by atoms with Crippen molar-refractivity contribution in [2.24, 2.45) is 5.92 Å². The summed E-state index contributed by atoms with van der Waals surface area (Å²) in [6.07, 6.45) is 1.89. The van der Waals surface area contributed by atoms with E-state index in [2.05, 4.69) is 17.7 Å². The molecule has 0 spiro atoms. The Kier molecular flexibility index (Phi) is 2.68. The Hall–Kier alpha value is -0.570. The first kappa shape index (κ1) is 7.54. The molecule has 10 heavy (non-hydrogen) atoms. The molecule has 0 aliphatic carbocycles. The number of hydrogen-bond donors (Lipinski definition) is 2. The van der Waals surface area contributed by atoms with E-state index in [9.17, 15) is 4.79 Å². The maximum atomic E-state index is 11.0. The molecule has 1 aliphatic heterocycles. The van der Waals surface area contributed by atoms with Crippen molar-refractivity contribution in [2.45, 2.75) is 12.8 Å². The van der Waals surface area contributed by atoms with Crippen molar-refractivity contribution >= 4 is 5.91 Å². The lowest BCUT2D eigenvalue weighted by atomic mass is 9.97. The van der Waals surface area contributed by atoms with Crippen LogP contribution in [0, 0.1) is 13.0 Å². The molecule has 3 nitrogen and oxygen atoms in total. The fraction of sp³-hybridized carbons (Fsp3) is 0.714. The lowest BCUT2D eigenvalue weighted by Crippen LogP contribution is -2.35. The molecule has 3 heteroatoms. The van der Waals surface area contributed by atoms with Crippen molar-refractivity contribution in [3.63, 3.8) is 0 Å². The van der Waals surface area contributed by atoms with Crippen LogP contribution in [0.25, 0.3) is 0 Å². The van der Waals surface area contributed by atoms with E-state index in [1.807, 2.05) is 0 Å². The van der Waals surface area contributed by atoms with Gasteiger partial charge in [-0.2, -0.15) is 0 Å². The fourth-order valence-electron chi connectivity index (χ4n) is 1.23. The number of rotatable bonds is 1. The Morgan fingerprint density at radius 2 is 2.10 bits per heavy atom. The molecule has 1 heterocycles. The van der Waals surface area contributed by atoms with E-state index in [1.165, 1.54) is 0 Å². The SMILES string of the molecule is [CH2]NC(=O)C1CCNCC1. The van der Waals surface area contributed by atoms with Gasteiger partial charge in [0.05, 0.1) is 0 Å². The van der Waals surface area contributed by atoms with E-state index in [4.69, 9.17) is 0 Å². The summed E-state index contributed by atoms with van der Waals surface area (Å²) >= 11 is 0. The summed E-state index contributed by atoms with van der Waals surface area (Å²) in [4.78, 5) is 11.0. The number of carbonyl (C=O) groups is 1. The van der Waals surface area contributed by atoms with Gasteiger partial charge in [-0.05, 0) is 25.9 Å². The molecule has 0 atom stereocenters. The van der Waals surface area contributed by atoms with Crippen LogP contribution in [-0.2, 0) is 4.79 Å². The fourth-order valence-corrected chi connectivity index (χ4v) is 1.23. The third kappa shape index (κ3) is 1.70. The average Bonchev–Trinajstić information content (AvgIpc) is 2.05. The molecule has 0 aromatic heterocycles. The van der Waals surface area contributed by atoms with Gasteiger partial charge in [-0.1, -0.05) is 0 Å². The monoisotopic (exact) mass is 141 g/mol. The van der Waals surface area contributed by atoms with Crippen molar-refractivity contribution < 1.29 is 4.79 Å². The van der Waals surface area contributed by atoms with Gasteiger partial charge in [0.1, 0.15) is 0 Å². The minimum atomic E-state index is 0.0847. The average molecular weight is 141 g/mol. The zero-order chi connectivity index (χ0) is 7.40. The molecule has 1 saturated heterocycles. The van der Waals surface area contributed by atoms with E-state index in [-0.39, 0.29) is 11.8 Å². The van der Waals surface area contributed by atoms with Crippen molar-refractivity contribution in [1.82, 2.24) is 10.6 Å². The number of hydrogen-bond acceptors (Lipinski definition) is 2. The number of carbonyl (C=O) groups excluding carboxylic acids is 1. The van der Waals surface area contributed by atoms with Gasteiger partial charge in [0.25, 0.3) is 0 Å². The zero-order valence-corrected chi connectivity index (χ0v) is 6.02. The summed E-state index contributed by atoms with van der Waals surface area (Å²) in [6.45, 7) is 1.91. The lowest BCUT2D eigenvalue weighted by molar-refractivity contribution is -0.124. The first-order valence-electron chi connectivity index (χ1n) is 3.62. The molecule has 1 radical (unpaired) electrons. The van der Waals surface area contributed by atoms with Crippen molar-refractivity contribution in [1.29, 1.82) is 0 Å². The van der Waals surface area contributed by atoms with Gasteiger partial charge in [-0.25, -0.2) is 0 Å². The Labute approximate surface area is 61.2 Å². The second kappa shape index (κ2) is 3.56. The van der Waals surface area contributed by atoms with Crippen LogP contribution in [0.2, 0.25) is 0 Å². The zero-order valence-electron chi connectivity index (χ0n) is 6.02. The van der Waals surface area contributed by atoms with Crippen molar-refractivity contribution in [3.05, 3.63) is 7.05 Å². The molecular formula is C7H13N2O. The predicted molar refractivity (Wildman–Crippen MR) is 39.1 cm³/mol. The minimum Gasteiger partial charge on any atom is -0.354 e. The van der Waals surface area contributed by atoms with Crippen LogP contribution in [0.15, 0.2) is 0 Å². The Morgan fingerprint density at radius 3 is 2.60 bits per heavy atom. The molecule has 1 fully saturated rings. The summed E-state index contributed by atoms with van der Waals surface area (Å²) in [5, 5.41) is 5.61. The summed E-state index contributed by atoms with van der Waals surface area (Å²) in [5.74, 6) is 0.278. The molecule has 0 aromatic rings. The number of amides is 1. The number of piperidine rings is 1. The first-order valence-corrected chi connectivity index (χ1v) is 3.62. The highest BCUT2D eigenvalue weighted by molar-refractivity contribution is 5.78. The topological polar surface area (TPSA) is 41.1 Å². The Morgan fingerprint density at radius 1 is 1.50 bits per heavy atom. The molecule has 1 amide bonds. The lowest BCUT2D eigenvalue weighted by Gasteiger charge is -2.20. The van der Waals surface area contributed by atoms with Crippen molar-refractivity contribution in [3.8, 4) is 0 Å². The van der Waals surface area contributed by atoms with E-state index in [0.717, 1.165) is 25.9 Å². The third-order valence-electron chi connectivity index (χ3n) is 1.88. The quantitative estimate of drug-likeness (QED) is 0.535. The molecule has 0 aromatic carbocycles. The highest BCUT2D eigenvalue weighted by Crippen LogP contribution is 2.10. The van der Waals surface area contributed by atoms with Crippen LogP contribution in [0.3, 0.4) is 0 Å². The van der Waals surface area contributed by atoms with Crippen LogP contribution >= 0.6 is 0 Å². The van der Waals surface area contributed by atoms with Crippen LogP contribution in [-0.4, -0.2) is 19.0 Å². The van der Waals surface area contributed by atoms with Crippen LogP contribution < -0.4 is 10.6 Å². The molecule has 0 bridgehead atoms. The third-order valence-corrected chi connectivity index (χ3v) is 1.88. The van der Waals surface area contributed by atoms with Gasteiger partial charge >= 0.3 is 0 Å². The highest BCUT2D eigenvalue weighted by Gasteiger charge is 2.18. The second-order valence-electron chi connectivity index (χ2n) is 2.57. The molecule has 1 rings (SSSR count). The van der Waals surface area contributed by atoms with Gasteiger partial charge in [-0.3, -0.25) is 4.79 Å².